The first-order valence-electron chi connectivity index (χ1n) is 6.22. The number of nitrogens with one attached hydrogen (secondary N) is 4. The van der Waals surface area contributed by atoms with Crippen molar-refractivity contribution in [3.8, 4) is 0 Å². The zero-order valence-corrected chi connectivity index (χ0v) is 15.2. The van der Waals surface area contributed by atoms with Crippen LogP contribution in [0.25, 0.3) is 11.5 Å². The van der Waals surface area contributed by atoms with Gasteiger partial charge >= 0.3 is 19.5 Å². The molecule has 23 heavy (non-hydrogen) atoms. The molecule has 2 atom stereocenters. The van der Waals surface area contributed by atoms with E-state index in [4.69, 9.17) is 21.7 Å². The third kappa shape index (κ3) is 8.19. The summed E-state index contributed by atoms with van der Waals surface area (Å²) in [6.45, 7) is 0. The van der Waals surface area contributed by atoms with Crippen molar-refractivity contribution in [1.29, 1.82) is 0 Å². The number of hydrogen-bond acceptors (Lipinski definition) is 4. The van der Waals surface area contributed by atoms with Gasteiger partial charge in [0.15, 0.2) is 0 Å². The molecule has 0 saturated carbocycles. The van der Waals surface area contributed by atoms with Crippen LogP contribution in [0.15, 0.2) is 25.0 Å². The minimum atomic E-state index is -1.11. The molecule has 0 unspecified atom stereocenters. The van der Waals surface area contributed by atoms with Gasteiger partial charge in [-0.05, 0) is 24.9 Å². The molecular formula is C12H16N6O4Zn. The number of aromatic nitrogens is 4. The maximum atomic E-state index is 10.2. The summed E-state index contributed by atoms with van der Waals surface area (Å²) in [5, 5.41) is 16.7. The normalized spacial score (nSPS) is 12.3. The molecule has 2 heterocycles. The van der Waals surface area contributed by atoms with Crippen molar-refractivity contribution >= 4 is 11.9 Å². The summed E-state index contributed by atoms with van der Waals surface area (Å²) in [5.41, 5.74) is 15.5. The van der Waals surface area contributed by atoms with E-state index < -0.39 is 24.0 Å². The van der Waals surface area contributed by atoms with Crippen LogP contribution in [0.3, 0.4) is 0 Å². The zero-order valence-electron chi connectivity index (χ0n) is 12.2. The SMILES string of the molecule is [NH-][C@@H](Cc1cnc[nH]1)C(=O)O.[NH-][C@@H](Cc1cnc[nH]1)C(=O)O.[Zn+2]. The number of aromatic amines is 2. The molecule has 0 bridgehead atoms. The third-order valence-electron chi connectivity index (χ3n) is 2.55. The summed E-state index contributed by atoms with van der Waals surface area (Å²) in [4.78, 5) is 33.3. The van der Waals surface area contributed by atoms with Gasteiger partial charge in [-0.15, -0.1) is 0 Å². The standard InChI is InChI=1S/2C6H8N3O2.Zn/c2*7-5(6(10)11)1-4-2-8-3-9-4;/h2*2-3,5,7H,1H2,(H,8,9)(H,10,11);/q2*-1;+2/t2*5-;/m00./s1. The van der Waals surface area contributed by atoms with Crippen molar-refractivity contribution in [2.45, 2.75) is 24.9 Å². The molecule has 0 spiro atoms. The van der Waals surface area contributed by atoms with Crippen molar-refractivity contribution < 1.29 is 39.3 Å². The Bertz CT molecular complexity index is 522. The van der Waals surface area contributed by atoms with Crippen LogP contribution >= 0.6 is 0 Å². The predicted octanol–water partition coefficient (Wildman–Crippen LogP) is 0.913. The molecule has 2 aromatic heterocycles. The number of hydrogen-bond donors (Lipinski definition) is 4. The molecule has 0 aromatic carbocycles. The van der Waals surface area contributed by atoms with E-state index in [1.165, 1.54) is 25.0 Å². The number of carboxylic acids is 2. The van der Waals surface area contributed by atoms with Gasteiger partial charge in [0.1, 0.15) is 0 Å². The fourth-order valence-corrected chi connectivity index (χ4v) is 1.41. The van der Waals surface area contributed by atoms with E-state index in [-0.39, 0.29) is 32.3 Å². The van der Waals surface area contributed by atoms with Crippen LogP contribution in [0.4, 0.5) is 0 Å². The predicted molar refractivity (Wildman–Crippen MR) is 76.1 cm³/mol. The van der Waals surface area contributed by atoms with Gasteiger partial charge in [-0.1, -0.05) is 0 Å². The van der Waals surface area contributed by atoms with Crippen LogP contribution in [0.5, 0.6) is 0 Å². The fourth-order valence-electron chi connectivity index (χ4n) is 1.41. The molecule has 0 amide bonds. The third-order valence-corrected chi connectivity index (χ3v) is 2.55. The molecule has 0 aliphatic carbocycles. The van der Waals surface area contributed by atoms with E-state index in [0.29, 0.717) is 11.4 Å². The summed E-state index contributed by atoms with van der Waals surface area (Å²) in [6.07, 6.45) is 6.31. The molecule has 0 aliphatic rings. The number of imidazole rings is 2. The first kappa shape index (κ1) is 20.9. The van der Waals surface area contributed by atoms with E-state index >= 15 is 0 Å². The van der Waals surface area contributed by atoms with Gasteiger partial charge < -0.3 is 31.6 Å². The average molecular weight is 374 g/mol. The van der Waals surface area contributed by atoms with E-state index in [1.807, 2.05) is 0 Å². The van der Waals surface area contributed by atoms with E-state index in [0.717, 1.165) is 0 Å². The minimum absolute atomic E-state index is 0. The van der Waals surface area contributed by atoms with Crippen LogP contribution in [0.1, 0.15) is 11.4 Å². The second-order valence-corrected chi connectivity index (χ2v) is 4.34. The Morgan fingerprint density at radius 3 is 1.52 bits per heavy atom. The van der Waals surface area contributed by atoms with Gasteiger partial charge in [-0.3, -0.25) is 9.59 Å². The molecule has 0 fully saturated rings. The van der Waals surface area contributed by atoms with Gasteiger partial charge in [0.05, 0.1) is 12.7 Å². The number of carbonyl (C=O) groups is 2. The van der Waals surface area contributed by atoms with Gasteiger partial charge in [-0.2, -0.15) is 0 Å². The molecule has 0 saturated heterocycles. The van der Waals surface area contributed by atoms with Crippen molar-refractivity contribution in [3.05, 3.63) is 47.9 Å². The maximum Gasteiger partial charge on any atom is 2.00 e. The van der Waals surface area contributed by atoms with Crippen molar-refractivity contribution in [2.24, 2.45) is 0 Å². The van der Waals surface area contributed by atoms with Gasteiger partial charge in [0, 0.05) is 23.8 Å². The maximum absolute atomic E-state index is 10.2. The molecule has 2 rings (SSSR count). The second kappa shape index (κ2) is 10.6. The Labute approximate surface area is 144 Å². The second-order valence-electron chi connectivity index (χ2n) is 4.34. The molecular weight excluding hydrogens is 358 g/mol. The zero-order chi connectivity index (χ0) is 16.5. The Morgan fingerprint density at radius 1 is 0.957 bits per heavy atom. The number of carboxylic acid groups (broad SMARTS) is 2. The Hall–Kier alpha value is -2.10. The molecule has 120 valence electrons. The molecule has 2 aromatic rings. The molecule has 10 nitrogen and oxygen atoms in total. The summed E-state index contributed by atoms with van der Waals surface area (Å²) < 4.78 is 0. The summed E-state index contributed by atoms with van der Waals surface area (Å²) in [7, 11) is 0. The Balaban J connectivity index is 0.000000403. The van der Waals surface area contributed by atoms with Gasteiger partial charge in [-0.25, -0.2) is 9.97 Å². The summed E-state index contributed by atoms with van der Waals surface area (Å²) >= 11 is 0. The quantitative estimate of drug-likeness (QED) is 0.546. The Kier molecular flexibility index (Phi) is 9.63. The smallest absolute Gasteiger partial charge is 0.665 e. The Morgan fingerprint density at radius 2 is 1.30 bits per heavy atom. The monoisotopic (exact) mass is 372 g/mol. The van der Waals surface area contributed by atoms with Gasteiger partial charge in [0.2, 0.25) is 0 Å². The van der Waals surface area contributed by atoms with E-state index in [2.05, 4.69) is 19.9 Å². The van der Waals surface area contributed by atoms with Crippen LogP contribution in [0.2, 0.25) is 0 Å². The minimum Gasteiger partial charge on any atom is -0.665 e. The van der Waals surface area contributed by atoms with Gasteiger partial charge in [0.25, 0.3) is 11.9 Å². The molecule has 11 heteroatoms. The van der Waals surface area contributed by atoms with Crippen molar-refractivity contribution in [1.82, 2.24) is 19.9 Å². The number of rotatable bonds is 6. The van der Waals surface area contributed by atoms with E-state index in [9.17, 15) is 9.59 Å². The average Bonchev–Trinajstić information content (AvgIpc) is 3.12. The topological polar surface area (TPSA) is 180 Å². The first-order valence-corrected chi connectivity index (χ1v) is 6.22. The fraction of sp³-hybridized carbons (Fsp3) is 0.333. The van der Waals surface area contributed by atoms with Crippen molar-refractivity contribution in [3.63, 3.8) is 0 Å². The molecule has 0 aliphatic heterocycles. The molecule has 6 N–H and O–H groups in total. The van der Waals surface area contributed by atoms with Crippen LogP contribution in [-0.2, 0) is 41.9 Å². The number of nitrogens with zero attached hydrogens (tertiary/aromatic N) is 2. The van der Waals surface area contributed by atoms with Crippen molar-refractivity contribution in [2.75, 3.05) is 0 Å². The number of H-pyrrole nitrogens is 2. The first-order chi connectivity index (χ1) is 10.4. The molecule has 0 radical (unpaired) electrons. The summed E-state index contributed by atoms with van der Waals surface area (Å²) in [5.74, 6) is -2.22. The van der Waals surface area contributed by atoms with Crippen LogP contribution in [0, 0.1) is 0 Å². The van der Waals surface area contributed by atoms with Crippen LogP contribution in [-0.4, -0.2) is 54.2 Å². The van der Waals surface area contributed by atoms with Crippen LogP contribution < -0.4 is 0 Å². The summed E-state index contributed by atoms with van der Waals surface area (Å²) in [6, 6.07) is -2.20. The van der Waals surface area contributed by atoms with E-state index in [1.54, 1.807) is 0 Å². The number of aliphatic carboxylic acids is 2. The largest absolute Gasteiger partial charge is 2.00 e.